The van der Waals surface area contributed by atoms with Crippen LogP contribution in [0.5, 0.6) is 0 Å². The lowest BCUT2D eigenvalue weighted by Crippen LogP contribution is -2.49. The maximum atomic E-state index is 12.6. The van der Waals surface area contributed by atoms with Gasteiger partial charge in [-0.15, -0.1) is 0 Å². The molecular formula is C28H28N8O. The third-order valence-electron chi connectivity index (χ3n) is 7.53. The smallest absolute Gasteiger partial charge is 0.249 e. The van der Waals surface area contributed by atoms with Crippen molar-refractivity contribution in [3.05, 3.63) is 66.9 Å². The number of carbonyl (C=O) groups excluding carboxylic acids is 1. The molecule has 186 valence electrons. The number of rotatable bonds is 5. The van der Waals surface area contributed by atoms with Crippen molar-refractivity contribution in [1.82, 2.24) is 29.3 Å². The lowest BCUT2D eigenvalue weighted by atomic mass is 9.96. The monoisotopic (exact) mass is 492 g/mol. The predicted molar refractivity (Wildman–Crippen MR) is 140 cm³/mol. The van der Waals surface area contributed by atoms with Crippen molar-refractivity contribution in [3.63, 3.8) is 0 Å². The Kier molecular flexibility index (Phi) is 5.52. The van der Waals surface area contributed by atoms with Gasteiger partial charge in [0.2, 0.25) is 5.91 Å². The molecule has 4 aromatic rings. The summed E-state index contributed by atoms with van der Waals surface area (Å²) in [5, 5.41) is 22.0. The molecule has 1 amide bonds. The summed E-state index contributed by atoms with van der Waals surface area (Å²) in [6, 6.07) is 9.12. The zero-order valence-corrected chi connectivity index (χ0v) is 20.9. The van der Waals surface area contributed by atoms with E-state index in [4.69, 9.17) is 4.98 Å². The SMILES string of the molecule is C=C(C)C(=O)N1C2CCC1CC(Nc1ccc(-c3cc(-c4cnn(C)c4)cn4ncc(C#N)c34)cn1)C2. The highest BCUT2D eigenvalue weighted by molar-refractivity contribution is 5.93. The number of pyridine rings is 2. The van der Waals surface area contributed by atoms with Gasteiger partial charge in [-0.2, -0.15) is 15.5 Å². The Balaban J connectivity index is 1.26. The van der Waals surface area contributed by atoms with Gasteiger partial charge in [0.25, 0.3) is 0 Å². The van der Waals surface area contributed by atoms with Gasteiger partial charge in [0.05, 0.1) is 23.5 Å². The maximum absolute atomic E-state index is 12.6. The molecule has 0 radical (unpaired) electrons. The summed E-state index contributed by atoms with van der Waals surface area (Å²) in [5.41, 5.74) is 5.60. The standard InChI is InChI=1S/C28H28N8O/c1-17(2)28(37)36-23-5-6-24(36)10-22(9-23)33-26-7-4-18(12-30-26)25-8-19(21-14-31-34(3)15-21)16-35-27(25)20(11-29)13-32-35/h4,7-8,12-16,22-24H,1,5-6,9-10H2,2-3H3,(H,30,33). The first kappa shape index (κ1) is 23.0. The van der Waals surface area contributed by atoms with E-state index < -0.39 is 0 Å². The molecule has 2 bridgehead atoms. The van der Waals surface area contributed by atoms with Gasteiger partial charge in [0.1, 0.15) is 11.9 Å². The molecule has 9 nitrogen and oxygen atoms in total. The number of hydrogen-bond acceptors (Lipinski definition) is 6. The van der Waals surface area contributed by atoms with Crippen LogP contribution >= 0.6 is 0 Å². The van der Waals surface area contributed by atoms with Crippen LogP contribution in [0.25, 0.3) is 27.8 Å². The number of nitriles is 1. The Bertz CT molecular complexity index is 1540. The fourth-order valence-corrected chi connectivity index (χ4v) is 5.85. The second-order valence-corrected chi connectivity index (χ2v) is 10.1. The van der Waals surface area contributed by atoms with Crippen LogP contribution in [-0.2, 0) is 11.8 Å². The maximum Gasteiger partial charge on any atom is 0.249 e. The van der Waals surface area contributed by atoms with Crippen molar-refractivity contribution in [2.45, 2.75) is 50.7 Å². The van der Waals surface area contributed by atoms with Crippen LogP contribution in [-0.4, -0.2) is 53.3 Å². The summed E-state index contributed by atoms with van der Waals surface area (Å²) in [4.78, 5) is 19.4. The van der Waals surface area contributed by atoms with Crippen LogP contribution in [0, 0.1) is 11.3 Å². The minimum atomic E-state index is 0.0878. The topological polar surface area (TPSA) is 104 Å². The van der Waals surface area contributed by atoms with Crippen LogP contribution in [0.4, 0.5) is 5.82 Å². The molecule has 9 heteroatoms. The fraction of sp³-hybridized carbons (Fsp3) is 0.321. The first-order chi connectivity index (χ1) is 17.9. The van der Waals surface area contributed by atoms with Crippen LogP contribution in [0.15, 0.2) is 61.3 Å². The average molecular weight is 493 g/mol. The van der Waals surface area contributed by atoms with Crippen LogP contribution in [0.3, 0.4) is 0 Å². The minimum absolute atomic E-state index is 0.0878. The molecule has 0 aliphatic carbocycles. The number of aryl methyl sites for hydroxylation is 1. The van der Waals surface area contributed by atoms with Crippen LogP contribution in [0.1, 0.15) is 38.2 Å². The molecule has 2 atom stereocenters. The number of fused-ring (bicyclic) bond motifs is 3. The summed E-state index contributed by atoms with van der Waals surface area (Å²) in [6.07, 6.45) is 13.0. The van der Waals surface area contributed by atoms with E-state index in [9.17, 15) is 10.1 Å². The van der Waals surface area contributed by atoms with Crippen LogP contribution in [0.2, 0.25) is 0 Å². The molecule has 6 heterocycles. The second-order valence-electron chi connectivity index (χ2n) is 10.1. The van der Waals surface area contributed by atoms with Gasteiger partial charge < -0.3 is 10.2 Å². The molecule has 6 rings (SSSR count). The van der Waals surface area contributed by atoms with Gasteiger partial charge >= 0.3 is 0 Å². The summed E-state index contributed by atoms with van der Waals surface area (Å²) in [5.74, 6) is 0.895. The molecule has 2 aliphatic rings. The van der Waals surface area contributed by atoms with Gasteiger partial charge in [-0.1, -0.05) is 6.58 Å². The van der Waals surface area contributed by atoms with Crippen molar-refractivity contribution in [1.29, 1.82) is 5.26 Å². The summed E-state index contributed by atoms with van der Waals surface area (Å²) in [7, 11) is 1.88. The number of piperidine rings is 1. The van der Waals surface area contributed by atoms with E-state index in [0.717, 1.165) is 59.3 Å². The number of anilines is 1. The average Bonchev–Trinajstić information content (AvgIpc) is 3.59. The lowest BCUT2D eigenvalue weighted by molar-refractivity contribution is -0.131. The molecular weight excluding hydrogens is 464 g/mol. The number of nitrogens with one attached hydrogen (secondary N) is 1. The largest absolute Gasteiger partial charge is 0.367 e. The van der Waals surface area contributed by atoms with E-state index in [2.05, 4.69) is 39.1 Å². The van der Waals surface area contributed by atoms with E-state index in [0.29, 0.717) is 11.1 Å². The van der Waals surface area contributed by atoms with Gasteiger partial charge in [-0.3, -0.25) is 9.48 Å². The Hall–Kier alpha value is -4.45. The normalized spacial score (nSPS) is 20.7. The first-order valence-electron chi connectivity index (χ1n) is 12.5. The molecule has 2 unspecified atom stereocenters. The quantitative estimate of drug-likeness (QED) is 0.419. The van der Waals surface area contributed by atoms with Crippen molar-refractivity contribution in [3.8, 4) is 28.3 Å². The van der Waals surface area contributed by atoms with Crippen molar-refractivity contribution in [2.24, 2.45) is 7.05 Å². The van der Waals surface area contributed by atoms with Crippen molar-refractivity contribution in [2.75, 3.05) is 5.32 Å². The highest BCUT2D eigenvalue weighted by atomic mass is 16.2. The first-order valence-corrected chi connectivity index (χ1v) is 12.5. The Morgan fingerprint density at radius 2 is 1.86 bits per heavy atom. The zero-order chi connectivity index (χ0) is 25.7. The van der Waals surface area contributed by atoms with Gasteiger partial charge in [0.15, 0.2) is 0 Å². The van der Waals surface area contributed by atoms with Crippen molar-refractivity contribution >= 4 is 17.2 Å². The number of carbonyl (C=O) groups is 1. The molecule has 2 aliphatic heterocycles. The van der Waals surface area contributed by atoms with Crippen molar-refractivity contribution < 1.29 is 4.79 Å². The molecule has 2 saturated heterocycles. The second kappa shape index (κ2) is 8.89. The van der Waals surface area contributed by atoms with E-state index in [1.165, 1.54) is 0 Å². The predicted octanol–water partition coefficient (Wildman–Crippen LogP) is 4.18. The molecule has 1 N–H and O–H groups in total. The zero-order valence-electron chi connectivity index (χ0n) is 20.9. The van der Waals surface area contributed by atoms with E-state index in [1.807, 2.05) is 44.0 Å². The molecule has 0 spiro atoms. The molecule has 0 aromatic carbocycles. The number of amides is 1. The third kappa shape index (κ3) is 4.04. The number of aromatic nitrogens is 5. The fourth-order valence-electron chi connectivity index (χ4n) is 5.85. The summed E-state index contributed by atoms with van der Waals surface area (Å²) >= 11 is 0. The summed E-state index contributed by atoms with van der Waals surface area (Å²) in [6.45, 7) is 5.65. The highest BCUT2D eigenvalue weighted by Gasteiger charge is 2.43. The van der Waals surface area contributed by atoms with E-state index in [1.54, 1.807) is 22.3 Å². The number of nitrogens with zero attached hydrogens (tertiary/aromatic N) is 7. The Morgan fingerprint density at radius 1 is 1.08 bits per heavy atom. The van der Waals surface area contributed by atoms with E-state index in [-0.39, 0.29) is 24.0 Å². The minimum Gasteiger partial charge on any atom is -0.367 e. The lowest BCUT2D eigenvalue weighted by Gasteiger charge is -2.39. The Labute approximate surface area is 215 Å². The van der Waals surface area contributed by atoms with Gasteiger partial charge in [-0.25, -0.2) is 9.50 Å². The number of hydrogen-bond donors (Lipinski definition) is 1. The van der Waals surface area contributed by atoms with Gasteiger partial charge in [0, 0.05) is 71.6 Å². The van der Waals surface area contributed by atoms with Gasteiger partial charge in [-0.05, 0) is 50.8 Å². The molecule has 0 saturated carbocycles. The van der Waals surface area contributed by atoms with Crippen LogP contribution < -0.4 is 5.32 Å². The third-order valence-corrected chi connectivity index (χ3v) is 7.53. The molecule has 37 heavy (non-hydrogen) atoms. The molecule has 2 fully saturated rings. The highest BCUT2D eigenvalue weighted by Crippen LogP contribution is 2.38. The van der Waals surface area contributed by atoms with E-state index >= 15 is 0 Å². The summed E-state index contributed by atoms with van der Waals surface area (Å²) < 4.78 is 3.51. The Morgan fingerprint density at radius 3 is 2.49 bits per heavy atom. The molecule has 4 aromatic heterocycles.